The minimum Gasteiger partial charge on any atom is -0.476 e. The fourth-order valence-corrected chi connectivity index (χ4v) is 7.07. The summed E-state index contributed by atoms with van der Waals surface area (Å²) in [6.07, 6.45) is 3.26. The van der Waals surface area contributed by atoms with Crippen molar-refractivity contribution in [2.75, 3.05) is 65.0 Å². The van der Waals surface area contributed by atoms with E-state index in [-0.39, 0.29) is 95.0 Å². The highest BCUT2D eigenvalue weighted by Gasteiger charge is 2.28. The molecule has 0 aliphatic heterocycles. The van der Waals surface area contributed by atoms with Crippen LogP contribution in [0.2, 0.25) is 0 Å². The Morgan fingerprint density at radius 3 is 2.12 bits per heavy atom. The van der Waals surface area contributed by atoms with E-state index >= 15 is 0 Å². The third-order valence-electron chi connectivity index (χ3n) is 10.9. The zero-order valence-electron chi connectivity index (χ0n) is 43.1. The molecule has 3 atom stereocenters. The van der Waals surface area contributed by atoms with Gasteiger partial charge in [0.1, 0.15) is 23.4 Å². The maximum Gasteiger partial charge on any atom is 0.336 e. The van der Waals surface area contributed by atoms with Gasteiger partial charge in [0.05, 0.1) is 33.0 Å². The average molecular weight is 1040 g/mol. The van der Waals surface area contributed by atoms with Gasteiger partial charge in [0.2, 0.25) is 36.6 Å². The Labute approximate surface area is 435 Å². The Balaban J connectivity index is 0.00000148. The number of allylic oxidation sites excluding steroid dienone is 1. The number of nitrogens with one attached hydrogen (secondary N) is 6. The first kappa shape index (κ1) is 61.4. The Morgan fingerprint density at radius 1 is 0.800 bits per heavy atom. The molecule has 22 nitrogen and oxygen atoms in total. The highest BCUT2D eigenvalue weighted by Crippen LogP contribution is 2.28. The number of carbonyl (C=O) groups excluding carboxylic acids is 8. The predicted molar refractivity (Wildman–Crippen MR) is 279 cm³/mol. The predicted octanol–water partition coefficient (Wildman–Crippen LogP) is 3.30. The van der Waals surface area contributed by atoms with E-state index in [1.165, 1.54) is 29.8 Å². The molecular formula is C53H70N8O14. The number of aryl methyl sites for hydroxylation is 1. The van der Waals surface area contributed by atoms with Crippen LogP contribution in [0.25, 0.3) is 11.0 Å². The van der Waals surface area contributed by atoms with Crippen LogP contribution in [0.4, 0.5) is 10.5 Å². The van der Waals surface area contributed by atoms with Crippen molar-refractivity contribution in [3.63, 3.8) is 0 Å². The Bertz CT molecular complexity index is 2540. The molecule has 75 heavy (non-hydrogen) atoms. The number of hydrogen-bond acceptors (Lipinski definition) is 14. The smallest absolute Gasteiger partial charge is 0.336 e. The average Bonchev–Trinajstić information content (AvgIpc) is 3.38. The molecule has 0 saturated carbocycles. The molecule has 9 amide bonds. The molecule has 1 heterocycles. The number of benzene rings is 3. The first-order chi connectivity index (χ1) is 36.1. The summed E-state index contributed by atoms with van der Waals surface area (Å²) in [5, 5.41) is 16.5. The van der Waals surface area contributed by atoms with E-state index in [0.29, 0.717) is 48.0 Å². The molecule has 0 bridgehead atoms. The molecule has 0 aliphatic carbocycles. The molecule has 3 unspecified atom stereocenters. The monoisotopic (exact) mass is 1040 g/mol. The Hall–Kier alpha value is -7.95. The van der Waals surface area contributed by atoms with Crippen LogP contribution in [-0.4, -0.2) is 125 Å². The van der Waals surface area contributed by atoms with Crippen LogP contribution in [0.5, 0.6) is 5.75 Å². The van der Waals surface area contributed by atoms with Gasteiger partial charge in [-0.05, 0) is 80.5 Å². The van der Waals surface area contributed by atoms with Crippen LogP contribution >= 0.6 is 0 Å². The fourth-order valence-electron chi connectivity index (χ4n) is 7.07. The number of anilines is 1. The summed E-state index contributed by atoms with van der Waals surface area (Å²) in [5.41, 5.74) is 7.51. The highest BCUT2D eigenvalue weighted by molar-refractivity contribution is 5.98. The maximum absolute atomic E-state index is 13.7. The van der Waals surface area contributed by atoms with Gasteiger partial charge >= 0.3 is 11.7 Å². The van der Waals surface area contributed by atoms with Gasteiger partial charge in [0.25, 0.3) is 11.8 Å². The molecule has 1 aromatic heterocycles. The summed E-state index contributed by atoms with van der Waals surface area (Å²) in [4.78, 5) is 111. The van der Waals surface area contributed by atoms with E-state index in [1.54, 1.807) is 71.2 Å². The molecule has 3 aromatic carbocycles. The lowest BCUT2D eigenvalue weighted by molar-refractivity contribution is -0.135. The normalized spacial score (nSPS) is 12.0. The number of carbonyl (C=O) groups is 8. The van der Waals surface area contributed by atoms with Crippen LogP contribution in [0, 0.1) is 12.8 Å². The van der Waals surface area contributed by atoms with Crippen molar-refractivity contribution in [3.05, 3.63) is 118 Å². The number of rotatable bonds is 32. The largest absolute Gasteiger partial charge is 0.476 e. The number of ether oxygens (including phenoxy) is 4. The standard InChI is InChI=1S/C45H60N8O13.C8H10O/c1-5-8-38(57)53(28-55)20-7-10-37(56)47-18-21-63-23-24-64-22-19-48-44(61)41(65-33-15-16-34-30(4)25-39(58)66-36(34)26-33)31-11-13-32(14-12-31)51-42(59)35(9-6-17-49-45(46)62)52-43(60)40(29(2)3)50-27-54;1-9-7-8-5-3-2-4-6-8/h5,8,11-16,25-29,35,40-41H,6-7,9-10,17-24H2,1-4H3,(H,47,56)(H,48,61)(H,50,54)(H,51,59)(H,52,60)(H3,46,49,62);2-6H,7H2,1H3/b8-5-;. The zero-order valence-corrected chi connectivity index (χ0v) is 43.1. The Morgan fingerprint density at radius 2 is 1.49 bits per heavy atom. The van der Waals surface area contributed by atoms with Gasteiger partial charge in [-0.25, -0.2) is 9.59 Å². The van der Waals surface area contributed by atoms with Crippen molar-refractivity contribution in [1.82, 2.24) is 31.5 Å². The SMILES string of the molecule is C/C=C\C(=O)N(C=O)CCCC(=O)NCCOCCOCCNC(=O)C(Oc1ccc2c(C)cc(=O)oc2c1)c1ccc(NC(=O)C(CCCNC(N)=O)NC(=O)C(NC=O)C(C)C)cc1.COCc1ccccc1. The third kappa shape index (κ3) is 23.2. The van der Waals surface area contributed by atoms with E-state index < -0.39 is 53.5 Å². The second kappa shape index (κ2) is 34.5. The van der Waals surface area contributed by atoms with Crippen molar-refractivity contribution in [2.45, 2.75) is 78.2 Å². The summed E-state index contributed by atoms with van der Waals surface area (Å²) >= 11 is 0. The van der Waals surface area contributed by atoms with Gasteiger partial charge < -0.3 is 61.0 Å². The summed E-state index contributed by atoms with van der Waals surface area (Å²) in [7, 11) is 1.70. The summed E-state index contributed by atoms with van der Waals surface area (Å²) in [6, 6.07) is 19.9. The van der Waals surface area contributed by atoms with Gasteiger partial charge in [-0.3, -0.25) is 38.5 Å². The van der Waals surface area contributed by atoms with Gasteiger partial charge in [0.15, 0.2) is 0 Å². The number of fused-ring (bicyclic) bond motifs is 1. The quantitative estimate of drug-likeness (QED) is 0.0160. The highest BCUT2D eigenvalue weighted by atomic mass is 16.5. The number of nitrogens with two attached hydrogens (primary N) is 1. The van der Waals surface area contributed by atoms with Crippen LogP contribution in [-0.2, 0) is 54.4 Å². The maximum atomic E-state index is 13.7. The summed E-state index contributed by atoms with van der Waals surface area (Å²) < 4.78 is 27.6. The van der Waals surface area contributed by atoms with Gasteiger partial charge in [-0.1, -0.05) is 62.4 Å². The van der Waals surface area contributed by atoms with Crippen LogP contribution < -0.4 is 48.0 Å². The number of primary amides is 1. The first-order valence-corrected chi connectivity index (χ1v) is 24.4. The number of nitrogens with zero attached hydrogens (tertiary/aromatic N) is 1. The molecule has 0 radical (unpaired) electrons. The van der Waals surface area contributed by atoms with Crippen molar-refractivity contribution in [3.8, 4) is 5.75 Å². The van der Waals surface area contributed by atoms with Gasteiger partial charge in [0, 0.05) is 68.5 Å². The molecular weight excluding hydrogens is 973 g/mol. The molecule has 0 aliphatic rings. The van der Waals surface area contributed by atoms with Crippen LogP contribution in [0.3, 0.4) is 0 Å². The molecule has 0 spiro atoms. The van der Waals surface area contributed by atoms with Crippen molar-refractivity contribution in [1.29, 1.82) is 0 Å². The van der Waals surface area contributed by atoms with Crippen molar-refractivity contribution >= 4 is 65.0 Å². The molecule has 22 heteroatoms. The molecule has 406 valence electrons. The van der Waals surface area contributed by atoms with E-state index in [4.69, 9.17) is 29.1 Å². The van der Waals surface area contributed by atoms with Crippen LogP contribution in [0.15, 0.2) is 100 Å². The minimum absolute atomic E-state index is 0.0959. The lowest BCUT2D eigenvalue weighted by Gasteiger charge is -2.24. The topological polar surface area (TPSA) is 305 Å². The van der Waals surface area contributed by atoms with Gasteiger partial charge in [-0.2, -0.15) is 0 Å². The summed E-state index contributed by atoms with van der Waals surface area (Å²) in [6.45, 7) is 8.99. The molecule has 4 aromatic rings. The molecule has 8 N–H and O–H groups in total. The van der Waals surface area contributed by atoms with Gasteiger partial charge in [-0.15, -0.1) is 0 Å². The molecule has 0 saturated heterocycles. The zero-order chi connectivity index (χ0) is 55.0. The number of methoxy groups -OCH3 is 1. The lowest BCUT2D eigenvalue weighted by atomic mass is 10.0. The number of urea groups is 1. The van der Waals surface area contributed by atoms with E-state index in [1.807, 2.05) is 30.3 Å². The third-order valence-corrected chi connectivity index (χ3v) is 10.9. The minimum atomic E-state index is -1.23. The second-order valence-corrected chi connectivity index (χ2v) is 17.0. The van der Waals surface area contributed by atoms with Crippen molar-refractivity contribution in [2.24, 2.45) is 11.7 Å². The second-order valence-electron chi connectivity index (χ2n) is 17.0. The fraction of sp³-hybridized carbons (Fsp3) is 0.415. The van der Waals surface area contributed by atoms with Crippen molar-refractivity contribution < 1.29 is 61.7 Å². The molecule has 4 rings (SSSR count). The van der Waals surface area contributed by atoms with E-state index in [2.05, 4.69) is 31.9 Å². The first-order valence-electron chi connectivity index (χ1n) is 24.4. The number of hydrogen-bond donors (Lipinski definition) is 7. The number of amides is 9. The lowest BCUT2D eigenvalue weighted by Crippen LogP contribution is -2.53. The Kier molecular flexibility index (Phi) is 28.2. The molecule has 0 fully saturated rings. The van der Waals surface area contributed by atoms with E-state index in [0.717, 1.165) is 4.90 Å². The van der Waals surface area contributed by atoms with Crippen LogP contribution in [0.1, 0.15) is 69.2 Å². The van der Waals surface area contributed by atoms with E-state index in [9.17, 15) is 43.2 Å². The summed E-state index contributed by atoms with van der Waals surface area (Å²) in [5.74, 6) is -2.43. The number of imide groups is 1.